The summed E-state index contributed by atoms with van der Waals surface area (Å²) in [5.74, 6) is 0.819. The molecule has 1 N–H and O–H groups in total. The van der Waals surface area contributed by atoms with Gasteiger partial charge in [0.2, 0.25) is 0 Å². The Morgan fingerprint density at radius 3 is 3.00 bits per heavy atom. The van der Waals surface area contributed by atoms with Crippen LogP contribution in [0.3, 0.4) is 0 Å². The van der Waals surface area contributed by atoms with Gasteiger partial charge in [0, 0.05) is 27.9 Å². The molecule has 0 amide bonds. The van der Waals surface area contributed by atoms with Crippen molar-refractivity contribution in [1.29, 1.82) is 0 Å². The maximum atomic E-state index is 6.08. The lowest BCUT2D eigenvalue weighted by Crippen LogP contribution is -2.42. The minimum absolute atomic E-state index is 0.309. The summed E-state index contributed by atoms with van der Waals surface area (Å²) in [7, 11) is 2.06. The van der Waals surface area contributed by atoms with E-state index in [1.165, 1.54) is 28.6 Å². The Morgan fingerprint density at radius 1 is 1.56 bits per heavy atom. The zero-order chi connectivity index (χ0) is 12.6. The molecule has 2 aliphatic rings. The van der Waals surface area contributed by atoms with Crippen LogP contribution in [0.5, 0.6) is 0 Å². The highest BCUT2D eigenvalue weighted by Crippen LogP contribution is 2.50. The van der Waals surface area contributed by atoms with Crippen LogP contribution in [0, 0.1) is 11.3 Å². The normalized spacial score (nSPS) is 32.0. The molecule has 2 atom stereocenters. The molecule has 18 heavy (non-hydrogen) atoms. The van der Waals surface area contributed by atoms with E-state index in [9.17, 15) is 0 Å². The van der Waals surface area contributed by atoms with E-state index in [1.807, 2.05) is 11.3 Å². The number of hydrogen-bond donors (Lipinski definition) is 1. The number of rotatable bonds is 5. The topological polar surface area (TPSA) is 21.3 Å². The third kappa shape index (κ3) is 2.40. The molecule has 2 unspecified atom stereocenters. The Hall–Kier alpha value is 0.1000. The fourth-order valence-corrected chi connectivity index (χ4v) is 4.95. The Bertz CT molecular complexity index is 418. The Balaban J connectivity index is 1.83. The third-order valence-electron chi connectivity index (χ3n) is 4.28. The van der Waals surface area contributed by atoms with E-state index in [-0.39, 0.29) is 0 Å². The van der Waals surface area contributed by atoms with Gasteiger partial charge in [0.25, 0.3) is 0 Å². The summed E-state index contributed by atoms with van der Waals surface area (Å²) >= 11 is 5.54. The monoisotopic (exact) mass is 329 g/mol. The first-order valence-corrected chi connectivity index (χ1v) is 8.40. The quantitative estimate of drug-likeness (QED) is 0.893. The summed E-state index contributed by atoms with van der Waals surface area (Å²) in [6, 6.07) is 2.16. The highest BCUT2D eigenvalue weighted by atomic mass is 79.9. The van der Waals surface area contributed by atoms with Gasteiger partial charge in [-0.2, -0.15) is 0 Å². The molecule has 0 bridgehead atoms. The molecule has 0 spiro atoms. The molecule has 0 aromatic carbocycles. The van der Waals surface area contributed by atoms with Gasteiger partial charge in [-0.05, 0) is 66.0 Å². The first kappa shape index (κ1) is 13.1. The van der Waals surface area contributed by atoms with Gasteiger partial charge in [0.15, 0.2) is 0 Å². The Labute approximate surface area is 121 Å². The van der Waals surface area contributed by atoms with E-state index in [2.05, 4.69) is 39.7 Å². The van der Waals surface area contributed by atoms with Crippen LogP contribution in [0.1, 0.15) is 24.1 Å². The minimum Gasteiger partial charge on any atom is -0.377 e. The van der Waals surface area contributed by atoms with Crippen molar-refractivity contribution in [1.82, 2.24) is 5.32 Å². The second-order valence-corrected chi connectivity index (χ2v) is 7.50. The van der Waals surface area contributed by atoms with Gasteiger partial charge >= 0.3 is 0 Å². The fraction of sp³-hybridized carbons (Fsp3) is 0.714. The van der Waals surface area contributed by atoms with Gasteiger partial charge in [-0.15, -0.1) is 11.3 Å². The van der Waals surface area contributed by atoms with Crippen LogP contribution < -0.4 is 5.32 Å². The lowest BCUT2D eigenvalue weighted by Gasteiger charge is -2.34. The van der Waals surface area contributed by atoms with Gasteiger partial charge in [-0.3, -0.25) is 0 Å². The van der Waals surface area contributed by atoms with Crippen molar-refractivity contribution in [3.8, 4) is 0 Å². The molecule has 3 rings (SSSR count). The van der Waals surface area contributed by atoms with Gasteiger partial charge < -0.3 is 10.1 Å². The van der Waals surface area contributed by atoms with E-state index >= 15 is 0 Å². The molecule has 0 radical (unpaired) electrons. The standard InChI is InChI=1S/C14H20BrNOS/c1-16-9-14(8-12-11(15)4-7-18-12)5-6-17-13(14)10-2-3-10/h4,7,10,13,16H,2-3,5-6,8-9H2,1H3. The highest BCUT2D eigenvalue weighted by molar-refractivity contribution is 9.10. The predicted octanol–water partition coefficient (Wildman–Crippen LogP) is 3.46. The first-order chi connectivity index (χ1) is 8.75. The maximum Gasteiger partial charge on any atom is 0.0675 e. The highest BCUT2D eigenvalue weighted by Gasteiger charge is 2.50. The summed E-state index contributed by atoms with van der Waals surface area (Å²) in [5.41, 5.74) is 0.309. The second-order valence-electron chi connectivity index (χ2n) is 5.64. The summed E-state index contributed by atoms with van der Waals surface area (Å²) in [5, 5.41) is 5.58. The van der Waals surface area contributed by atoms with Crippen molar-refractivity contribution in [3.63, 3.8) is 0 Å². The predicted molar refractivity (Wildman–Crippen MR) is 79.2 cm³/mol. The molecule has 2 fully saturated rings. The molecule has 1 saturated heterocycles. The molecule has 2 nitrogen and oxygen atoms in total. The fourth-order valence-electron chi connectivity index (χ4n) is 3.31. The van der Waals surface area contributed by atoms with Crippen LogP contribution in [0.25, 0.3) is 0 Å². The van der Waals surface area contributed by atoms with E-state index in [1.54, 1.807) is 0 Å². The molecule has 1 saturated carbocycles. The average Bonchev–Trinajstić information content (AvgIpc) is 3.00. The van der Waals surface area contributed by atoms with Crippen LogP contribution in [-0.4, -0.2) is 26.3 Å². The van der Waals surface area contributed by atoms with E-state index in [0.29, 0.717) is 11.5 Å². The number of nitrogens with one attached hydrogen (secondary N) is 1. The molecular weight excluding hydrogens is 310 g/mol. The zero-order valence-electron chi connectivity index (χ0n) is 10.7. The Kier molecular flexibility index (Phi) is 3.81. The van der Waals surface area contributed by atoms with Crippen LogP contribution in [-0.2, 0) is 11.2 Å². The van der Waals surface area contributed by atoms with E-state index in [0.717, 1.165) is 25.5 Å². The minimum atomic E-state index is 0.309. The summed E-state index contributed by atoms with van der Waals surface area (Å²) in [4.78, 5) is 1.47. The smallest absolute Gasteiger partial charge is 0.0675 e. The first-order valence-electron chi connectivity index (χ1n) is 6.73. The molecular formula is C14H20BrNOS. The summed E-state index contributed by atoms with van der Waals surface area (Å²) in [6.07, 6.45) is 5.54. The molecule has 1 aliphatic carbocycles. The van der Waals surface area contributed by atoms with E-state index in [4.69, 9.17) is 4.74 Å². The SMILES string of the molecule is CNCC1(Cc2sccc2Br)CCOC1C1CC1. The van der Waals surface area contributed by atoms with Crippen molar-refractivity contribution in [2.75, 3.05) is 20.2 Å². The van der Waals surface area contributed by atoms with Crippen LogP contribution in [0.2, 0.25) is 0 Å². The zero-order valence-corrected chi connectivity index (χ0v) is 13.1. The molecule has 1 aliphatic heterocycles. The van der Waals surface area contributed by atoms with Gasteiger partial charge in [0.05, 0.1) is 6.10 Å². The van der Waals surface area contributed by atoms with Crippen LogP contribution >= 0.6 is 27.3 Å². The lowest BCUT2D eigenvalue weighted by molar-refractivity contribution is 0.0317. The molecule has 1 aromatic heterocycles. The summed E-state index contributed by atoms with van der Waals surface area (Å²) in [6.45, 7) is 2.00. The number of ether oxygens (including phenoxy) is 1. The third-order valence-corrected chi connectivity index (χ3v) is 6.21. The largest absolute Gasteiger partial charge is 0.377 e. The van der Waals surface area contributed by atoms with Gasteiger partial charge in [0.1, 0.15) is 0 Å². The van der Waals surface area contributed by atoms with Crippen LogP contribution in [0.15, 0.2) is 15.9 Å². The van der Waals surface area contributed by atoms with Gasteiger partial charge in [-0.1, -0.05) is 0 Å². The molecule has 1 aromatic rings. The summed E-state index contributed by atoms with van der Waals surface area (Å²) < 4.78 is 7.35. The number of halogens is 1. The number of thiophene rings is 1. The number of hydrogen-bond acceptors (Lipinski definition) is 3. The van der Waals surface area contributed by atoms with Gasteiger partial charge in [-0.25, -0.2) is 0 Å². The molecule has 100 valence electrons. The van der Waals surface area contributed by atoms with E-state index < -0.39 is 0 Å². The van der Waals surface area contributed by atoms with Crippen LogP contribution in [0.4, 0.5) is 0 Å². The van der Waals surface area contributed by atoms with Crippen molar-refractivity contribution in [2.24, 2.45) is 11.3 Å². The maximum absolute atomic E-state index is 6.08. The molecule has 4 heteroatoms. The molecule has 2 heterocycles. The lowest BCUT2D eigenvalue weighted by atomic mass is 9.75. The average molecular weight is 330 g/mol. The Morgan fingerprint density at radius 2 is 2.39 bits per heavy atom. The van der Waals surface area contributed by atoms with Crippen molar-refractivity contribution in [2.45, 2.75) is 31.8 Å². The second kappa shape index (κ2) is 5.23. The van der Waals surface area contributed by atoms with Crippen molar-refractivity contribution in [3.05, 3.63) is 20.8 Å². The van der Waals surface area contributed by atoms with Crippen molar-refractivity contribution < 1.29 is 4.74 Å². The van der Waals surface area contributed by atoms with Crippen molar-refractivity contribution >= 4 is 27.3 Å².